The van der Waals surface area contributed by atoms with Crippen LogP contribution in [0.3, 0.4) is 0 Å². The molecule has 0 unspecified atom stereocenters. The lowest BCUT2D eigenvalue weighted by Crippen LogP contribution is -2.21. The van der Waals surface area contributed by atoms with E-state index in [1.54, 1.807) is 31.2 Å². The van der Waals surface area contributed by atoms with Crippen molar-refractivity contribution in [2.45, 2.75) is 13.3 Å². The number of hydrogen-bond acceptors (Lipinski definition) is 6. The molecule has 152 valence electrons. The van der Waals surface area contributed by atoms with E-state index in [2.05, 4.69) is 5.32 Å². The van der Waals surface area contributed by atoms with Crippen LogP contribution in [0.15, 0.2) is 39.5 Å². The highest BCUT2D eigenvalue weighted by molar-refractivity contribution is 6.32. The summed E-state index contributed by atoms with van der Waals surface area (Å²) < 4.78 is 21.0. The minimum atomic E-state index is -0.571. The fourth-order valence-corrected chi connectivity index (χ4v) is 3.26. The number of amides is 1. The number of carbonyl (C=O) groups is 1. The summed E-state index contributed by atoms with van der Waals surface area (Å²) in [7, 11) is 4.48. The number of aryl methyl sites for hydroxylation is 1. The second kappa shape index (κ2) is 8.45. The SMILES string of the molecule is COc1ccc2c(C)c(CC(=O)Nc3cc(Cl)c(OC)cc3OC)c(=O)oc2c1. The highest BCUT2D eigenvalue weighted by atomic mass is 35.5. The van der Waals surface area contributed by atoms with Crippen molar-refractivity contribution in [1.29, 1.82) is 0 Å². The molecule has 0 aliphatic carbocycles. The monoisotopic (exact) mass is 417 g/mol. The van der Waals surface area contributed by atoms with Crippen molar-refractivity contribution in [2.75, 3.05) is 26.6 Å². The lowest BCUT2D eigenvalue weighted by atomic mass is 10.0. The Labute approximate surface area is 172 Å². The minimum Gasteiger partial charge on any atom is -0.497 e. The molecule has 3 rings (SSSR count). The average molecular weight is 418 g/mol. The Morgan fingerprint density at radius 3 is 2.45 bits per heavy atom. The van der Waals surface area contributed by atoms with Crippen LogP contribution in [0.25, 0.3) is 11.0 Å². The standard InChI is InChI=1S/C21H20ClNO6/c1-11-13-6-5-12(26-2)7-17(13)29-21(25)14(11)8-20(24)23-16-9-15(22)18(27-3)10-19(16)28-4/h5-7,9-10H,8H2,1-4H3,(H,23,24). The summed E-state index contributed by atoms with van der Waals surface area (Å²) in [5, 5.41) is 3.77. The maximum Gasteiger partial charge on any atom is 0.340 e. The molecule has 8 heteroatoms. The Bertz CT molecular complexity index is 1140. The zero-order valence-electron chi connectivity index (χ0n) is 16.4. The number of benzene rings is 2. The van der Waals surface area contributed by atoms with Gasteiger partial charge in [0.2, 0.25) is 5.91 Å². The zero-order valence-corrected chi connectivity index (χ0v) is 17.2. The topological polar surface area (TPSA) is 87.0 Å². The van der Waals surface area contributed by atoms with Crippen LogP contribution in [0.5, 0.6) is 17.2 Å². The number of carbonyl (C=O) groups excluding carboxylic acids is 1. The molecule has 0 bridgehead atoms. The summed E-state index contributed by atoms with van der Waals surface area (Å²) in [5.74, 6) is 0.971. The van der Waals surface area contributed by atoms with Gasteiger partial charge in [-0.1, -0.05) is 11.6 Å². The average Bonchev–Trinajstić information content (AvgIpc) is 2.70. The number of ether oxygens (including phenoxy) is 3. The Morgan fingerprint density at radius 1 is 1.07 bits per heavy atom. The molecule has 1 heterocycles. The molecule has 7 nitrogen and oxygen atoms in total. The summed E-state index contributed by atoms with van der Waals surface area (Å²) in [6, 6.07) is 8.29. The van der Waals surface area contributed by atoms with Crippen LogP contribution in [-0.4, -0.2) is 27.2 Å². The van der Waals surface area contributed by atoms with Crippen molar-refractivity contribution < 1.29 is 23.4 Å². The number of rotatable bonds is 6. The van der Waals surface area contributed by atoms with E-state index in [4.69, 9.17) is 30.2 Å². The first kappa shape index (κ1) is 20.5. The lowest BCUT2D eigenvalue weighted by molar-refractivity contribution is -0.115. The van der Waals surface area contributed by atoms with E-state index in [1.165, 1.54) is 27.4 Å². The van der Waals surface area contributed by atoms with Gasteiger partial charge < -0.3 is 23.9 Å². The van der Waals surface area contributed by atoms with Crippen molar-refractivity contribution in [2.24, 2.45) is 0 Å². The van der Waals surface area contributed by atoms with Crippen LogP contribution < -0.4 is 25.2 Å². The predicted molar refractivity (Wildman–Crippen MR) is 111 cm³/mol. The lowest BCUT2D eigenvalue weighted by Gasteiger charge is -2.13. The molecule has 0 aliphatic heterocycles. The number of hydrogen-bond donors (Lipinski definition) is 1. The summed E-state index contributed by atoms with van der Waals surface area (Å²) in [4.78, 5) is 25.1. The van der Waals surface area contributed by atoms with E-state index in [1.807, 2.05) is 0 Å². The highest BCUT2D eigenvalue weighted by Crippen LogP contribution is 2.36. The van der Waals surface area contributed by atoms with Gasteiger partial charge in [0, 0.05) is 17.5 Å². The van der Waals surface area contributed by atoms with Crippen LogP contribution in [-0.2, 0) is 11.2 Å². The molecule has 0 radical (unpaired) electrons. The van der Waals surface area contributed by atoms with Gasteiger partial charge in [0.05, 0.1) is 44.0 Å². The Hall–Kier alpha value is -3.19. The normalized spacial score (nSPS) is 10.7. The third kappa shape index (κ3) is 4.14. The maximum atomic E-state index is 12.6. The van der Waals surface area contributed by atoms with Gasteiger partial charge in [-0.3, -0.25) is 4.79 Å². The van der Waals surface area contributed by atoms with Crippen molar-refractivity contribution in [3.8, 4) is 17.2 Å². The van der Waals surface area contributed by atoms with E-state index in [-0.39, 0.29) is 12.0 Å². The number of methoxy groups -OCH3 is 3. The smallest absolute Gasteiger partial charge is 0.340 e. The van der Waals surface area contributed by atoms with Gasteiger partial charge in [0.15, 0.2) is 0 Å². The molecule has 0 aliphatic rings. The summed E-state index contributed by atoms with van der Waals surface area (Å²) >= 11 is 6.14. The van der Waals surface area contributed by atoms with Crippen molar-refractivity contribution in [3.63, 3.8) is 0 Å². The maximum absolute atomic E-state index is 12.6. The van der Waals surface area contributed by atoms with Gasteiger partial charge in [-0.15, -0.1) is 0 Å². The molecule has 2 aromatic carbocycles. The molecule has 0 saturated carbocycles. The van der Waals surface area contributed by atoms with E-state index in [0.717, 1.165) is 5.39 Å². The molecule has 1 amide bonds. The van der Waals surface area contributed by atoms with Gasteiger partial charge in [-0.05, 0) is 30.7 Å². The van der Waals surface area contributed by atoms with Crippen LogP contribution in [0.2, 0.25) is 5.02 Å². The molecule has 0 spiro atoms. The van der Waals surface area contributed by atoms with Crippen LogP contribution in [0, 0.1) is 6.92 Å². The van der Waals surface area contributed by atoms with Crippen LogP contribution in [0.4, 0.5) is 5.69 Å². The number of nitrogens with one attached hydrogen (secondary N) is 1. The molecular formula is C21H20ClNO6. The summed E-state index contributed by atoms with van der Waals surface area (Å²) in [5.41, 5.74) is 1.15. The van der Waals surface area contributed by atoms with Crippen LogP contribution >= 0.6 is 11.6 Å². The molecule has 0 saturated heterocycles. The molecule has 1 aromatic heterocycles. The van der Waals surface area contributed by atoms with Crippen molar-refractivity contribution in [1.82, 2.24) is 0 Å². The Morgan fingerprint density at radius 2 is 1.79 bits per heavy atom. The Balaban J connectivity index is 1.91. The number of halogens is 1. The van der Waals surface area contributed by atoms with Gasteiger partial charge in [-0.2, -0.15) is 0 Å². The fourth-order valence-electron chi connectivity index (χ4n) is 3.02. The number of fused-ring (bicyclic) bond motifs is 1. The first-order chi connectivity index (χ1) is 13.9. The Kier molecular flexibility index (Phi) is 5.98. The molecule has 0 fully saturated rings. The van der Waals surface area contributed by atoms with Gasteiger partial charge in [0.25, 0.3) is 0 Å². The summed E-state index contributed by atoms with van der Waals surface area (Å²) in [6.45, 7) is 1.78. The highest BCUT2D eigenvalue weighted by Gasteiger charge is 2.18. The molecule has 29 heavy (non-hydrogen) atoms. The van der Waals surface area contributed by atoms with Crippen LogP contribution in [0.1, 0.15) is 11.1 Å². The minimum absolute atomic E-state index is 0.164. The fraction of sp³-hybridized carbons (Fsp3) is 0.238. The molecule has 1 N–H and O–H groups in total. The third-order valence-electron chi connectivity index (χ3n) is 4.58. The van der Waals surface area contributed by atoms with Crippen molar-refractivity contribution >= 4 is 34.2 Å². The van der Waals surface area contributed by atoms with E-state index in [9.17, 15) is 9.59 Å². The van der Waals surface area contributed by atoms with Gasteiger partial charge in [0.1, 0.15) is 22.8 Å². The predicted octanol–water partition coefficient (Wildman–Crippen LogP) is 3.96. The third-order valence-corrected chi connectivity index (χ3v) is 4.88. The first-order valence-corrected chi connectivity index (χ1v) is 9.07. The first-order valence-electron chi connectivity index (χ1n) is 8.69. The van der Waals surface area contributed by atoms with Crippen molar-refractivity contribution in [3.05, 3.63) is 56.9 Å². The molecule has 0 atom stereocenters. The zero-order chi connectivity index (χ0) is 21.1. The molecular weight excluding hydrogens is 398 g/mol. The largest absolute Gasteiger partial charge is 0.497 e. The van der Waals surface area contributed by atoms with Gasteiger partial charge >= 0.3 is 5.63 Å². The quantitative estimate of drug-likeness (QED) is 0.611. The number of anilines is 1. The molecule has 3 aromatic rings. The second-order valence-electron chi connectivity index (χ2n) is 6.27. The van der Waals surface area contributed by atoms with E-state index < -0.39 is 11.5 Å². The second-order valence-corrected chi connectivity index (χ2v) is 6.67. The summed E-state index contributed by atoms with van der Waals surface area (Å²) in [6.07, 6.45) is -0.164. The van der Waals surface area contributed by atoms with E-state index >= 15 is 0 Å². The van der Waals surface area contributed by atoms with E-state index in [0.29, 0.717) is 39.1 Å². The van der Waals surface area contributed by atoms with Gasteiger partial charge in [-0.25, -0.2) is 4.79 Å².